The topological polar surface area (TPSA) is 95.9 Å². The van der Waals surface area contributed by atoms with Crippen LogP contribution in [0.2, 0.25) is 0 Å². The average Bonchev–Trinajstić information content (AvgIpc) is 3.29. The number of carbonyl (C=O) groups is 3. The van der Waals surface area contributed by atoms with Gasteiger partial charge in [0, 0.05) is 18.0 Å². The van der Waals surface area contributed by atoms with Crippen LogP contribution in [0.1, 0.15) is 46.8 Å². The van der Waals surface area contributed by atoms with Crippen LogP contribution in [-0.2, 0) is 4.79 Å². The maximum atomic E-state index is 14.1. The van der Waals surface area contributed by atoms with E-state index in [0.29, 0.717) is 35.4 Å². The zero-order valence-electron chi connectivity index (χ0n) is 20.3. The molecule has 0 saturated carbocycles. The van der Waals surface area contributed by atoms with Crippen LogP contribution in [-0.4, -0.2) is 47.5 Å². The van der Waals surface area contributed by atoms with Crippen molar-refractivity contribution in [1.29, 1.82) is 0 Å². The second-order valence-electron chi connectivity index (χ2n) is 8.83. The number of amides is 2. The lowest BCUT2D eigenvalue weighted by Crippen LogP contribution is -2.48. The lowest BCUT2D eigenvalue weighted by molar-refractivity contribution is -0.142. The first kappa shape index (κ1) is 25.0. The van der Waals surface area contributed by atoms with Gasteiger partial charge >= 0.3 is 12.0 Å². The summed E-state index contributed by atoms with van der Waals surface area (Å²) in [4.78, 5) is 41.8. The highest BCUT2D eigenvalue weighted by Gasteiger charge is 2.57. The molecule has 1 aliphatic heterocycles. The molecule has 7 nitrogen and oxygen atoms in total. The van der Waals surface area contributed by atoms with Crippen molar-refractivity contribution in [2.75, 3.05) is 13.7 Å². The van der Waals surface area contributed by atoms with E-state index in [4.69, 9.17) is 4.74 Å². The minimum atomic E-state index is -1.24. The van der Waals surface area contributed by atoms with Crippen molar-refractivity contribution < 1.29 is 24.2 Å². The molecule has 36 heavy (non-hydrogen) atoms. The van der Waals surface area contributed by atoms with Gasteiger partial charge in [-0.2, -0.15) is 0 Å². The molecule has 0 aromatic heterocycles. The quantitative estimate of drug-likeness (QED) is 0.441. The van der Waals surface area contributed by atoms with Crippen molar-refractivity contribution in [2.24, 2.45) is 5.92 Å². The molecule has 4 rings (SSSR count). The van der Waals surface area contributed by atoms with E-state index in [0.717, 1.165) is 0 Å². The van der Waals surface area contributed by atoms with Gasteiger partial charge in [0.1, 0.15) is 11.8 Å². The number of urea groups is 1. The molecular weight excluding hydrogens is 456 g/mol. The number of aliphatic carboxylic acids is 1. The van der Waals surface area contributed by atoms with Crippen LogP contribution >= 0.6 is 0 Å². The normalized spacial score (nSPS) is 21.1. The molecule has 2 N–H and O–H groups in total. The van der Waals surface area contributed by atoms with Crippen LogP contribution in [0.4, 0.5) is 4.79 Å². The Balaban J connectivity index is 1.94. The molecule has 7 heteroatoms. The maximum Gasteiger partial charge on any atom is 0.327 e. The summed E-state index contributed by atoms with van der Waals surface area (Å²) in [6, 6.07) is 22.5. The molecule has 1 heterocycles. The van der Waals surface area contributed by atoms with Gasteiger partial charge in [0.15, 0.2) is 5.78 Å². The summed E-state index contributed by atoms with van der Waals surface area (Å²) >= 11 is 0. The summed E-state index contributed by atoms with van der Waals surface area (Å²) < 4.78 is 5.30. The van der Waals surface area contributed by atoms with Crippen molar-refractivity contribution in [3.8, 4) is 5.75 Å². The molecule has 0 aliphatic carbocycles. The second-order valence-corrected chi connectivity index (χ2v) is 8.83. The number of ether oxygens (including phenoxy) is 1. The Labute approximate surface area is 210 Å². The van der Waals surface area contributed by atoms with Crippen LogP contribution in [0.25, 0.3) is 0 Å². The molecule has 0 bridgehead atoms. The number of ketones is 1. The van der Waals surface area contributed by atoms with Gasteiger partial charge in [-0.3, -0.25) is 4.79 Å². The van der Waals surface area contributed by atoms with Crippen molar-refractivity contribution in [3.63, 3.8) is 0 Å². The minimum absolute atomic E-state index is 0.206. The smallest absolute Gasteiger partial charge is 0.327 e. The van der Waals surface area contributed by atoms with E-state index in [-0.39, 0.29) is 5.78 Å². The van der Waals surface area contributed by atoms with Gasteiger partial charge in [-0.15, -0.1) is 0 Å². The van der Waals surface area contributed by atoms with Gasteiger partial charge in [-0.1, -0.05) is 79.7 Å². The summed E-state index contributed by atoms with van der Waals surface area (Å²) in [6.07, 6.45) is 0.693. The molecule has 3 aromatic rings. The summed E-state index contributed by atoms with van der Waals surface area (Å²) in [5.41, 5.74) is 1.84. The summed E-state index contributed by atoms with van der Waals surface area (Å²) in [7, 11) is 1.56. The zero-order valence-corrected chi connectivity index (χ0v) is 20.3. The fraction of sp³-hybridized carbons (Fsp3) is 0.276. The number of carbonyl (C=O) groups excluding carboxylic acids is 2. The third-order valence-corrected chi connectivity index (χ3v) is 6.68. The van der Waals surface area contributed by atoms with E-state index in [1.54, 1.807) is 55.6 Å². The number of carboxylic acid groups (broad SMARTS) is 1. The van der Waals surface area contributed by atoms with Gasteiger partial charge in [0.05, 0.1) is 19.1 Å². The van der Waals surface area contributed by atoms with Crippen LogP contribution in [0, 0.1) is 5.92 Å². The Kier molecular flexibility index (Phi) is 7.68. The Morgan fingerprint density at radius 1 is 0.889 bits per heavy atom. The predicted molar refractivity (Wildman–Crippen MR) is 136 cm³/mol. The number of carboxylic acids is 1. The first-order chi connectivity index (χ1) is 17.5. The molecule has 3 aromatic carbocycles. The first-order valence-corrected chi connectivity index (χ1v) is 12.0. The number of likely N-dealkylation sites (tertiary alicyclic amines) is 1. The lowest BCUT2D eigenvalue weighted by atomic mass is 9.76. The Bertz CT molecular complexity index is 1200. The SMILES string of the molecule is CCCNC(=O)N1C(C(=O)O)C(c2ccccc2)C(C(=O)c2ccccc2)C1c1ccc(OC)cc1. The molecular formula is C29H30N2O5. The fourth-order valence-electron chi connectivity index (χ4n) is 5.10. The molecule has 1 aliphatic rings. The van der Waals surface area contributed by atoms with E-state index in [1.165, 1.54) is 4.90 Å². The molecule has 186 valence electrons. The molecule has 0 spiro atoms. The van der Waals surface area contributed by atoms with Crippen LogP contribution in [0.3, 0.4) is 0 Å². The van der Waals surface area contributed by atoms with Crippen molar-refractivity contribution in [3.05, 3.63) is 102 Å². The van der Waals surface area contributed by atoms with E-state index >= 15 is 0 Å². The monoisotopic (exact) mass is 486 g/mol. The number of Topliss-reactive ketones (excluding diaryl/α,β-unsaturated/α-hetero) is 1. The van der Waals surface area contributed by atoms with Crippen LogP contribution < -0.4 is 10.1 Å². The number of hydrogen-bond acceptors (Lipinski definition) is 4. The Morgan fingerprint density at radius 2 is 1.50 bits per heavy atom. The molecule has 4 unspecified atom stereocenters. The molecule has 2 amide bonds. The standard InChI is InChI=1S/C29H30N2O5/c1-3-18-30-29(35)31-25(20-14-16-22(36-2)17-15-20)24(27(32)21-12-8-5-9-13-21)23(26(31)28(33)34)19-10-6-4-7-11-19/h4-17,23-26H,3,18H2,1-2H3,(H,30,35)(H,33,34). The Hall–Kier alpha value is -4.13. The average molecular weight is 487 g/mol. The lowest BCUT2D eigenvalue weighted by Gasteiger charge is -2.30. The minimum Gasteiger partial charge on any atom is -0.497 e. The van der Waals surface area contributed by atoms with Gasteiger partial charge < -0.3 is 20.1 Å². The number of rotatable bonds is 8. The largest absolute Gasteiger partial charge is 0.497 e. The van der Waals surface area contributed by atoms with E-state index in [1.807, 2.05) is 43.3 Å². The third kappa shape index (κ3) is 4.82. The Morgan fingerprint density at radius 3 is 2.06 bits per heavy atom. The number of hydrogen-bond donors (Lipinski definition) is 2. The van der Waals surface area contributed by atoms with Crippen molar-refractivity contribution in [1.82, 2.24) is 10.2 Å². The van der Waals surface area contributed by atoms with E-state index in [9.17, 15) is 19.5 Å². The highest BCUT2D eigenvalue weighted by molar-refractivity contribution is 6.01. The van der Waals surface area contributed by atoms with Crippen molar-refractivity contribution >= 4 is 17.8 Å². The number of nitrogens with zero attached hydrogens (tertiary/aromatic N) is 1. The third-order valence-electron chi connectivity index (χ3n) is 6.68. The highest BCUT2D eigenvalue weighted by Crippen LogP contribution is 2.51. The number of nitrogens with one attached hydrogen (secondary N) is 1. The predicted octanol–water partition coefficient (Wildman–Crippen LogP) is 4.91. The van der Waals surface area contributed by atoms with Crippen LogP contribution in [0.5, 0.6) is 5.75 Å². The first-order valence-electron chi connectivity index (χ1n) is 12.0. The molecule has 1 fully saturated rings. The van der Waals surface area contributed by atoms with Crippen molar-refractivity contribution in [2.45, 2.75) is 31.3 Å². The number of benzene rings is 3. The van der Waals surface area contributed by atoms with Gasteiger partial charge in [-0.05, 0) is 29.7 Å². The zero-order chi connectivity index (χ0) is 25.7. The highest BCUT2D eigenvalue weighted by atomic mass is 16.5. The number of methoxy groups -OCH3 is 1. The fourth-order valence-corrected chi connectivity index (χ4v) is 5.10. The maximum absolute atomic E-state index is 14.1. The summed E-state index contributed by atoms with van der Waals surface area (Å²) in [5.74, 6) is -2.31. The van der Waals surface area contributed by atoms with E-state index in [2.05, 4.69) is 5.32 Å². The van der Waals surface area contributed by atoms with Gasteiger partial charge in [-0.25, -0.2) is 9.59 Å². The van der Waals surface area contributed by atoms with Crippen LogP contribution in [0.15, 0.2) is 84.9 Å². The molecule has 4 atom stereocenters. The molecule has 1 saturated heterocycles. The second kappa shape index (κ2) is 11.1. The van der Waals surface area contributed by atoms with E-state index < -0.39 is 35.9 Å². The van der Waals surface area contributed by atoms with Gasteiger partial charge in [0.25, 0.3) is 0 Å². The summed E-state index contributed by atoms with van der Waals surface area (Å²) in [6.45, 7) is 2.32. The summed E-state index contributed by atoms with van der Waals surface area (Å²) in [5, 5.41) is 13.3. The van der Waals surface area contributed by atoms with Gasteiger partial charge in [0.2, 0.25) is 0 Å². The molecule has 0 radical (unpaired) electrons.